The molecular weight excluding hydrogens is 215 g/mol. The van der Waals surface area contributed by atoms with Gasteiger partial charge in [-0.25, -0.2) is 4.39 Å². The zero-order valence-corrected chi connectivity index (χ0v) is 10.5. The second-order valence-electron chi connectivity index (χ2n) is 4.40. The summed E-state index contributed by atoms with van der Waals surface area (Å²) in [5, 5.41) is 8.44. The van der Waals surface area contributed by atoms with Gasteiger partial charge >= 0.3 is 0 Å². The molecule has 0 bridgehead atoms. The van der Waals surface area contributed by atoms with Gasteiger partial charge in [-0.1, -0.05) is 12.1 Å². The Kier molecular flexibility index (Phi) is 5.65. The minimum atomic E-state index is -0.142. The Morgan fingerprint density at radius 2 is 2.12 bits per heavy atom. The maximum absolute atomic E-state index is 13.1. The van der Waals surface area contributed by atoms with Gasteiger partial charge in [0.1, 0.15) is 5.82 Å². The number of nitriles is 1. The molecule has 17 heavy (non-hydrogen) atoms. The standard InChI is InChI=1S/C14H19FN2/c1-12-11-13(5-6-14(12)15)7-10-17(2)9-4-3-8-16/h5-6,11H,3-4,7,9-10H2,1-2H3. The highest BCUT2D eigenvalue weighted by Gasteiger charge is 2.02. The maximum Gasteiger partial charge on any atom is 0.126 e. The highest BCUT2D eigenvalue weighted by Crippen LogP contribution is 2.10. The van der Waals surface area contributed by atoms with Gasteiger partial charge in [0.15, 0.2) is 0 Å². The van der Waals surface area contributed by atoms with Crippen molar-refractivity contribution in [2.75, 3.05) is 20.1 Å². The lowest BCUT2D eigenvalue weighted by atomic mass is 10.1. The molecular formula is C14H19FN2. The Morgan fingerprint density at radius 3 is 2.76 bits per heavy atom. The van der Waals surface area contributed by atoms with E-state index in [1.165, 1.54) is 6.07 Å². The van der Waals surface area contributed by atoms with E-state index in [9.17, 15) is 4.39 Å². The van der Waals surface area contributed by atoms with Crippen molar-refractivity contribution in [1.29, 1.82) is 5.26 Å². The number of halogens is 1. The van der Waals surface area contributed by atoms with Gasteiger partial charge < -0.3 is 4.90 Å². The molecule has 3 heteroatoms. The number of nitrogens with zero attached hydrogens (tertiary/aromatic N) is 2. The summed E-state index contributed by atoms with van der Waals surface area (Å²) in [6, 6.07) is 7.41. The Hall–Kier alpha value is -1.40. The van der Waals surface area contributed by atoms with Crippen molar-refractivity contribution in [2.45, 2.75) is 26.2 Å². The minimum absolute atomic E-state index is 0.142. The van der Waals surface area contributed by atoms with E-state index in [-0.39, 0.29) is 5.82 Å². The highest BCUT2D eigenvalue weighted by molar-refractivity contribution is 5.24. The molecule has 0 aliphatic heterocycles. The fraction of sp³-hybridized carbons (Fsp3) is 0.500. The van der Waals surface area contributed by atoms with Gasteiger partial charge in [-0.2, -0.15) is 5.26 Å². The number of unbranched alkanes of at least 4 members (excludes halogenated alkanes) is 1. The predicted octanol–water partition coefficient (Wildman–Crippen LogP) is 2.91. The molecule has 0 spiro atoms. The summed E-state index contributed by atoms with van der Waals surface area (Å²) >= 11 is 0. The lowest BCUT2D eigenvalue weighted by Gasteiger charge is -2.15. The van der Waals surface area contributed by atoms with Gasteiger partial charge in [0, 0.05) is 13.0 Å². The molecule has 2 nitrogen and oxygen atoms in total. The Bertz CT molecular complexity index is 396. The lowest BCUT2D eigenvalue weighted by Crippen LogP contribution is -2.22. The summed E-state index contributed by atoms with van der Waals surface area (Å²) in [5.74, 6) is -0.142. The van der Waals surface area contributed by atoms with E-state index < -0.39 is 0 Å². The number of rotatable bonds is 6. The lowest BCUT2D eigenvalue weighted by molar-refractivity contribution is 0.335. The van der Waals surface area contributed by atoms with Crippen LogP contribution in [0.5, 0.6) is 0 Å². The summed E-state index contributed by atoms with van der Waals surface area (Å²) in [6.45, 7) is 3.67. The van der Waals surface area contributed by atoms with Crippen molar-refractivity contribution in [2.24, 2.45) is 0 Å². The zero-order valence-electron chi connectivity index (χ0n) is 10.5. The van der Waals surface area contributed by atoms with Crippen molar-refractivity contribution < 1.29 is 4.39 Å². The number of benzene rings is 1. The topological polar surface area (TPSA) is 27.0 Å². The third kappa shape index (κ3) is 4.97. The van der Waals surface area contributed by atoms with E-state index in [1.807, 2.05) is 19.2 Å². The van der Waals surface area contributed by atoms with Crippen LogP contribution in [0.4, 0.5) is 4.39 Å². The molecule has 0 fully saturated rings. The van der Waals surface area contributed by atoms with E-state index >= 15 is 0 Å². The second-order valence-corrected chi connectivity index (χ2v) is 4.40. The van der Waals surface area contributed by atoms with Crippen LogP contribution < -0.4 is 0 Å². The first-order valence-electron chi connectivity index (χ1n) is 5.94. The van der Waals surface area contributed by atoms with E-state index in [0.29, 0.717) is 12.0 Å². The van der Waals surface area contributed by atoms with E-state index in [0.717, 1.165) is 31.5 Å². The van der Waals surface area contributed by atoms with E-state index in [1.54, 1.807) is 6.92 Å². The van der Waals surface area contributed by atoms with Crippen LogP contribution in [0.1, 0.15) is 24.0 Å². The van der Waals surface area contributed by atoms with Crippen LogP contribution in [0.25, 0.3) is 0 Å². The fourth-order valence-corrected chi connectivity index (χ4v) is 1.72. The molecule has 1 aromatic rings. The van der Waals surface area contributed by atoms with Gasteiger partial charge in [0.2, 0.25) is 0 Å². The molecule has 0 aliphatic rings. The first-order chi connectivity index (χ1) is 8.13. The average Bonchev–Trinajstić information content (AvgIpc) is 2.31. The van der Waals surface area contributed by atoms with Crippen LogP contribution in [-0.2, 0) is 6.42 Å². The number of aryl methyl sites for hydroxylation is 1. The zero-order chi connectivity index (χ0) is 12.7. The van der Waals surface area contributed by atoms with Crippen LogP contribution in [0.15, 0.2) is 18.2 Å². The van der Waals surface area contributed by atoms with Crippen LogP contribution >= 0.6 is 0 Å². The third-order valence-corrected chi connectivity index (χ3v) is 2.83. The summed E-state index contributed by atoms with van der Waals surface area (Å²) in [4.78, 5) is 2.20. The predicted molar refractivity (Wildman–Crippen MR) is 67.2 cm³/mol. The molecule has 0 saturated heterocycles. The van der Waals surface area contributed by atoms with Gasteiger partial charge in [0.25, 0.3) is 0 Å². The summed E-state index contributed by atoms with van der Waals surface area (Å²) < 4.78 is 13.1. The molecule has 0 N–H and O–H groups in total. The summed E-state index contributed by atoms with van der Waals surface area (Å²) in [5.41, 5.74) is 1.87. The van der Waals surface area contributed by atoms with Crippen LogP contribution in [0.3, 0.4) is 0 Å². The summed E-state index contributed by atoms with van der Waals surface area (Å²) in [6.07, 6.45) is 2.44. The van der Waals surface area contributed by atoms with Crippen molar-refractivity contribution in [3.8, 4) is 6.07 Å². The molecule has 0 heterocycles. The Labute approximate surface area is 103 Å². The SMILES string of the molecule is Cc1cc(CCN(C)CCCC#N)ccc1F. The van der Waals surface area contributed by atoms with E-state index in [2.05, 4.69) is 11.0 Å². The largest absolute Gasteiger partial charge is 0.306 e. The molecule has 1 rings (SSSR count). The average molecular weight is 234 g/mol. The molecule has 92 valence electrons. The normalized spacial score (nSPS) is 10.5. The van der Waals surface area contributed by atoms with E-state index in [4.69, 9.17) is 5.26 Å². The maximum atomic E-state index is 13.1. The molecule has 0 saturated carbocycles. The van der Waals surface area contributed by atoms with Gasteiger partial charge in [-0.3, -0.25) is 0 Å². The van der Waals surface area contributed by atoms with Crippen LogP contribution in [0.2, 0.25) is 0 Å². The van der Waals surface area contributed by atoms with Gasteiger partial charge in [0.05, 0.1) is 6.07 Å². The van der Waals surface area contributed by atoms with Gasteiger partial charge in [-0.15, -0.1) is 0 Å². The van der Waals surface area contributed by atoms with Crippen molar-refractivity contribution >= 4 is 0 Å². The molecule has 0 unspecified atom stereocenters. The van der Waals surface area contributed by atoms with Crippen molar-refractivity contribution in [3.05, 3.63) is 35.1 Å². The van der Waals surface area contributed by atoms with Crippen molar-refractivity contribution in [1.82, 2.24) is 4.90 Å². The fourth-order valence-electron chi connectivity index (χ4n) is 1.72. The van der Waals surface area contributed by atoms with Crippen LogP contribution in [-0.4, -0.2) is 25.0 Å². The molecule has 0 amide bonds. The first kappa shape index (κ1) is 13.7. The summed E-state index contributed by atoms with van der Waals surface area (Å²) in [7, 11) is 2.05. The van der Waals surface area contributed by atoms with Gasteiger partial charge in [-0.05, 0) is 50.6 Å². The molecule has 0 aromatic heterocycles. The Morgan fingerprint density at radius 1 is 1.35 bits per heavy atom. The molecule has 0 radical (unpaired) electrons. The highest BCUT2D eigenvalue weighted by atomic mass is 19.1. The molecule has 1 aromatic carbocycles. The number of likely N-dealkylation sites (N-methyl/N-ethyl adjacent to an activating group) is 1. The second kappa shape index (κ2) is 7.03. The smallest absolute Gasteiger partial charge is 0.126 e. The minimum Gasteiger partial charge on any atom is -0.306 e. The number of hydrogen-bond acceptors (Lipinski definition) is 2. The quantitative estimate of drug-likeness (QED) is 0.708. The van der Waals surface area contributed by atoms with Crippen molar-refractivity contribution in [3.63, 3.8) is 0 Å². The third-order valence-electron chi connectivity index (χ3n) is 2.83. The number of hydrogen-bond donors (Lipinski definition) is 0. The molecule has 0 aliphatic carbocycles. The molecule has 0 atom stereocenters. The Balaban J connectivity index is 2.34. The van der Waals surface area contributed by atoms with Crippen LogP contribution in [0, 0.1) is 24.1 Å². The first-order valence-corrected chi connectivity index (χ1v) is 5.94. The monoisotopic (exact) mass is 234 g/mol.